The molecule has 27 heavy (non-hydrogen) atoms. The molecule has 0 aromatic rings. The van der Waals surface area contributed by atoms with Gasteiger partial charge in [-0.1, -0.05) is 6.92 Å². The Morgan fingerprint density at radius 2 is 2.11 bits per heavy atom. The van der Waals surface area contributed by atoms with Crippen LogP contribution in [0.4, 0.5) is 0 Å². The first kappa shape index (κ1) is 20.6. The first-order valence-corrected chi connectivity index (χ1v) is 11.4. The number of nitrogens with one attached hydrogen (secondary N) is 1. The summed E-state index contributed by atoms with van der Waals surface area (Å²) in [6.07, 6.45) is 1.59. The number of thioether (sulfide) groups is 1. The van der Waals surface area contributed by atoms with E-state index in [2.05, 4.69) is 4.72 Å². The Morgan fingerprint density at radius 1 is 1.44 bits per heavy atom. The molecule has 0 bridgehead atoms. The summed E-state index contributed by atoms with van der Waals surface area (Å²) in [6.45, 7) is 3.72. The summed E-state index contributed by atoms with van der Waals surface area (Å²) in [7, 11) is -3.72. The van der Waals surface area contributed by atoms with E-state index in [9.17, 15) is 28.2 Å². The number of carboxylic acid groups (broad SMARTS) is 1. The van der Waals surface area contributed by atoms with Crippen LogP contribution in [0.15, 0.2) is 10.6 Å². The zero-order chi connectivity index (χ0) is 20.1. The van der Waals surface area contributed by atoms with E-state index in [1.54, 1.807) is 6.92 Å². The fraction of sp³-hybridized carbons (Fsp3) is 0.750. The number of aliphatic hydroxyl groups excluding tert-OH is 1. The Morgan fingerprint density at radius 3 is 2.67 bits per heavy atom. The van der Waals surface area contributed by atoms with Crippen molar-refractivity contribution in [1.29, 1.82) is 0 Å². The van der Waals surface area contributed by atoms with E-state index in [1.807, 2.05) is 6.92 Å². The second-order valence-electron chi connectivity index (χ2n) is 7.58. The van der Waals surface area contributed by atoms with E-state index in [-0.39, 0.29) is 41.3 Å². The molecule has 2 aliphatic heterocycles. The molecule has 1 saturated carbocycles. The number of carboxylic acids is 1. The summed E-state index contributed by atoms with van der Waals surface area (Å²) in [4.78, 5) is 26.1. The molecular formula is C16H25N3O6S2. The molecular weight excluding hydrogens is 394 g/mol. The van der Waals surface area contributed by atoms with Crippen LogP contribution in [0.25, 0.3) is 0 Å². The first-order valence-electron chi connectivity index (χ1n) is 8.94. The van der Waals surface area contributed by atoms with E-state index >= 15 is 0 Å². The average Bonchev–Trinajstić information content (AvgIpc) is 3.07. The maximum absolute atomic E-state index is 12.3. The van der Waals surface area contributed by atoms with Gasteiger partial charge in [0.25, 0.3) is 10.2 Å². The quantitative estimate of drug-likeness (QED) is 0.419. The molecule has 0 aromatic carbocycles. The Hall–Kier alpha value is -1.14. The summed E-state index contributed by atoms with van der Waals surface area (Å²) in [5.74, 6) is -2.04. The predicted octanol–water partition coefficient (Wildman–Crippen LogP) is -0.165. The Kier molecular flexibility index (Phi) is 5.61. The third kappa shape index (κ3) is 3.88. The van der Waals surface area contributed by atoms with Crippen LogP contribution in [-0.2, 0) is 19.8 Å². The van der Waals surface area contributed by atoms with E-state index in [0.29, 0.717) is 4.91 Å². The second kappa shape index (κ2) is 7.36. The lowest BCUT2D eigenvalue weighted by Gasteiger charge is -2.46. The van der Waals surface area contributed by atoms with E-state index in [1.165, 1.54) is 16.7 Å². The van der Waals surface area contributed by atoms with Gasteiger partial charge in [0.2, 0.25) is 5.91 Å². The molecule has 1 saturated heterocycles. The standard InChI is InChI=1S/C16H25N3O6S2/c1-7-12-11(8(2)20)15(21)19(12)13(16(22)23)14(7)26-10-4-3-9(5-10)6-18-27(17,24)25/h7-12,18,20H,3-6H2,1-2H3,(H,22,23)(H2,17,24,25). The number of fused-ring (bicyclic) bond motifs is 1. The van der Waals surface area contributed by atoms with Gasteiger partial charge in [-0.2, -0.15) is 8.42 Å². The number of hydrogen-bond donors (Lipinski definition) is 4. The summed E-state index contributed by atoms with van der Waals surface area (Å²) in [5, 5.41) is 24.6. The number of aliphatic hydroxyl groups is 1. The molecule has 5 N–H and O–H groups in total. The van der Waals surface area contributed by atoms with Gasteiger partial charge in [-0.3, -0.25) is 4.79 Å². The lowest BCUT2D eigenvalue weighted by Crippen LogP contribution is -2.63. The normalized spacial score (nSPS) is 34.6. The molecule has 3 rings (SSSR count). The van der Waals surface area contributed by atoms with Crippen LogP contribution in [0.5, 0.6) is 0 Å². The van der Waals surface area contributed by atoms with Crippen LogP contribution in [0, 0.1) is 17.8 Å². The largest absolute Gasteiger partial charge is 0.477 e. The molecule has 0 aromatic heterocycles. The highest BCUT2D eigenvalue weighted by Gasteiger charge is 2.60. The molecule has 0 spiro atoms. The number of carbonyl (C=O) groups is 2. The van der Waals surface area contributed by atoms with Crippen LogP contribution >= 0.6 is 11.8 Å². The molecule has 2 fully saturated rings. The molecule has 1 amide bonds. The minimum Gasteiger partial charge on any atom is -0.477 e. The maximum atomic E-state index is 12.3. The van der Waals surface area contributed by atoms with Gasteiger partial charge in [0.15, 0.2) is 0 Å². The fourth-order valence-corrected chi connectivity index (χ4v) is 6.51. The molecule has 9 nitrogen and oxygen atoms in total. The Labute approximate surface area is 162 Å². The molecule has 0 radical (unpaired) electrons. The minimum absolute atomic E-state index is 0.0329. The van der Waals surface area contributed by atoms with Gasteiger partial charge in [0, 0.05) is 22.6 Å². The number of amides is 1. The number of hydrogen-bond acceptors (Lipinski definition) is 6. The SMILES string of the molecule is CC(O)C1C(=O)N2C(C(=O)O)=C(SC3CCC(CNS(N)(=O)=O)C3)C(C)C12. The molecule has 2 heterocycles. The molecule has 11 heteroatoms. The number of aliphatic carboxylic acids is 1. The summed E-state index contributed by atoms with van der Waals surface area (Å²) >= 11 is 1.47. The lowest BCUT2D eigenvalue weighted by molar-refractivity contribution is -0.163. The molecule has 1 aliphatic carbocycles. The van der Waals surface area contributed by atoms with Crippen LogP contribution in [-0.4, -0.2) is 59.3 Å². The molecule has 152 valence electrons. The topological polar surface area (TPSA) is 150 Å². The molecule has 6 atom stereocenters. The zero-order valence-corrected chi connectivity index (χ0v) is 16.8. The predicted molar refractivity (Wildman–Crippen MR) is 99.5 cm³/mol. The monoisotopic (exact) mass is 419 g/mol. The van der Waals surface area contributed by atoms with Crippen LogP contribution in [0.2, 0.25) is 0 Å². The van der Waals surface area contributed by atoms with Crippen LogP contribution < -0.4 is 9.86 Å². The lowest BCUT2D eigenvalue weighted by atomic mass is 9.79. The van der Waals surface area contributed by atoms with Crippen molar-refractivity contribution in [3.05, 3.63) is 10.6 Å². The van der Waals surface area contributed by atoms with E-state index in [4.69, 9.17) is 5.14 Å². The highest BCUT2D eigenvalue weighted by Crippen LogP contribution is 2.52. The Balaban J connectivity index is 1.71. The van der Waals surface area contributed by atoms with Gasteiger partial charge >= 0.3 is 5.97 Å². The highest BCUT2D eigenvalue weighted by atomic mass is 32.2. The summed E-state index contributed by atoms with van der Waals surface area (Å²) in [6, 6.07) is -0.313. The minimum atomic E-state index is -3.72. The van der Waals surface area contributed by atoms with Crippen molar-refractivity contribution in [2.24, 2.45) is 22.9 Å². The van der Waals surface area contributed by atoms with Crippen molar-refractivity contribution in [2.45, 2.75) is 50.5 Å². The maximum Gasteiger partial charge on any atom is 0.353 e. The average molecular weight is 420 g/mol. The van der Waals surface area contributed by atoms with Gasteiger partial charge in [-0.15, -0.1) is 11.8 Å². The van der Waals surface area contributed by atoms with Crippen molar-refractivity contribution in [3.8, 4) is 0 Å². The zero-order valence-electron chi connectivity index (χ0n) is 15.2. The van der Waals surface area contributed by atoms with Crippen molar-refractivity contribution in [2.75, 3.05) is 6.54 Å². The van der Waals surface area contributed by atoms with E-state index < -0.39 is 28.2 Å². The number of nitrogens with two attached hydrogens (primary N) is 1. The van der Waals surface area contributed by atoms with Gasteiger partial charge in [0.1, 0.15) is 5.70 Å². The van der Waals surface area contributed by atoms with Crippen molar-refractivity contribution >= 4 is 33.8 Å². The van der Waals surface area contributed by atoms with Crippen LogP contribution in [0.3, 0.4) is 0 Å². The number of nitrogens with zero attached hydrogens (tertiary/aromatic N) is 1. The number of β-lactam (4-membered cyclic amide) rings is 1. The van der Waals surface area contributed by atoms with Gasteiger partial charge < -0.3 is 15.1 Å². The highest BCUT2D eigenvalue weighted by molar-refractivity contribution is 8.03. The fourth-order valence-electron chi connectivity index (χ4n) is 4.41. The third-order valence-electron chi connectivity index (χ3n) is 5.67. The molecule has 6 unspecified atom stereocenters. The van der Waals surface area contributed by atoms with Crippen molar-refractivity contribution in [3.63, 3.8) is 0 Å². The molecule has 3 aliphatic rings. The van der Waals surface area contributed by atoms with Crippen molar-refractivity contribution in [1.82, 2.24) is 9.62 Å². The first-order chi connectivity index (χ1) is 12.5. The summed E-state index contributed by atoms with van der Waals surface area (Å²) < 4.78 is 24.4. The summed E-state index contributed by atoms with van der Waals surface area (Å²) in [5.41, 5.74) is 0.0329. The van der Waals surface area contributed by atoms with Crippen LogP contribution in [0.1, 0.15) is 33.1 Å². The van der Waals surface area contributed by atoms with Crippen molar-refractivity contribution < 1.29 is 28.2 Å². The third-order valence-corrected chi connectivity index (χ3v) is 7.82. The Bertz CT molecular complexity index is 781. The van der Waals surface area contributed by atoms with E-state index in [0.717, 1.165) is 19.3 Å². The number of rotatable bonds is 7. The number of carbonyl (C=O) groups excluding carboxylic acids is 1. The second-order valence-corrected chi connectivity index (χ2v) is 10.3. The van der Waals surface area contributed by atoms with Gasteiger partial charge in [0.05, 0.1) is 18.1 Å². The smallest absolute Gasteiger partial charge is 0.353 e. The van der Waals surface area contributed by atoms with Gasteiger partial charge in [-0.05, 0) is 32.1 Å². The van der Waals surface area contributed by atoms with Gasteiger partial charge in [-0.25, -0.2) is 14.7 Å².